The third-order valence-corrected chi connectivity index (χ3v) is 3.50. The highest BCUT2D eigenvalue weighted by atomic mass is 16.5. The molecular weight excluding hydrogens is 316 g/mol. The average molecular weight is 342 g/mol. The molecule has 25 heavy (non-hydrogen) atoms. The Balaban J connectivity index is 1.80. The van der Waals surface area contributed by atoms with Gasteiger partial charge in [-0.3, -0.25) is 0 Å². The normalized spacial score (nSPS) is 10.4. The largest absolute Gasteiger partial charge is 0.491 e. The molecule has 0 saturated carbocycles. The minimum Gasteiger partial charge on any atom is -0.491 e. The Morgan fingerprint density at radius 2 is 1.72 bits per heavy atom. The van der Waals surface area contributed by atoms with E-state index in [2.05, 4.69) is 17.6 Å². The molecule has 0 aliphatic heterocycles. The highest BCUT2D eigenvalue weighted by Gasteiger charge is 2.08. The molecular formula is C20H26N2O3. The van der Waals surface area contributed by atoms with Gasteiger partial charge in [-0.1, -0.05) is 37.3 Å². The molecule has 2 N–H and O–H groups in total. The lowest BCUT2D eigenvalue weighted by molar-refractivity contribution is 0.240. The molecule has 0 aliphatic carbocycles. The van der Waals surface area contributed by atoms with E-state index < -0.39 is 0 Å². The number of urea groups is 1. The van der Waals surface area contributed by atoms with Gasteiger partial charge in [0.25, 0.3) is 0 Å². The van der Waals surface area contributed by atoms with Gasteiger partial charge in [0.1, 0.15) is 18.1 Å². The van der Waals surface area contributed by atoms with Crippen LogP contribution >= 0.6 is 0 Å². The first-order valence-corrected chi connectivity index (χ1v) is 8.61. The molecule has 0 aliphatic rings. The molecule has 5 nitrogen and oxygen atoms in total. The van der Waals surface area contributed by atoms with Crippen LogP contribution in [0.2, 0.25) is 0 Å². The van der Waals surface area contributed by atoms with Crippen molar-refractivity contribution in [3.8, 4) is 11.5 Å². The SMILES string of the molecule is CCc1ccccc1OCCNC(=O)Nc1ccccc1OC(C)C. The standard InChI is InChI=1S/C20H26N2O3/c1-4-16-9-5-7-11-18(16)24-14-13-21-20(23)22-17-10-6-8-12-19(17)25-15(2)3/h5-12,15H,4,13-14H2,1-3H3,(H2,21,22,23). The van der Waals surface area contributed by atoms with Crippen LogP contribution in [0.3, 0.4) is 0 Å². The second-order valence-corrected chi connectivity index (χ2v) is 5.85. The number of nitrogens with one attached hydrogen (secondary N) is 2. The Kier molecular flexibility index (Phi) is 7.14. The number of ether oxygens (including phenoxy) is 2. The summed E-state index contributed by atoms with van der Waals surface area (Å²) in [6.07, 6.45) is 0.953. The van der Waals surface area contributed by atoms with Gasteiger partial charge in [0, 0.05) is 0 Å². The van der Waals surface area contributed by atoms with E-state index in [0.29, 0.717) is 24.6 Å². The number of rotatable bonds is 8. The van der Waals surface area contributed by atoms with Crippen molar-refractivity contribution < 1.29 is 14.3 Å². The van der Waals surface area contributed by atoms with E-state index in [1.165, 1.54) is 0 Å². The number of hydrogen-bond acceptors (Lipinski definition) is 3. The van der Waals surface area contributed by atoms with E-state index >= 15 is 0 Å². The predicted molar refractivity (Wildman–Crippen MR) is 101 cm³/mol. The molecule has 2 rings (SSSR count). The zero-order chi connectivity index (χ0) is 18.1. The third kappa shape index (κ3) is 6.03. The predicted octanol–water partition coefficient (Wildman–Crippen LogP) is 4.24. The maximum Gasteiger partial charge on any atom is 0.319 e. The summed E-state index contributed by atoms with van der Waals surface area (Å²) in [5.41, 5.74) is 1.80. The summed E-state index contributed by atoms with van der Waals surface area (Å²) < 4.78 is 11.4. The van der Waals surface area contributed by atoms with Gasteiger partial charge in [0.15, 0.2) is 0 Å². The molecule has 5 heteroatoms. The van der Waals surface area contributed by atoms with E-state index in [-0.39, 0.29) is 12.1 Å². The lowest BCUT2D eigenvalue weighted by atomic mass is 10.1. The first kappa shape index (κ1) is 18.6. The fourth-order valence-corrected chi connectivity index (χ4v) is 2.36. The highest BCUT2D eigenvalue weighted by Crippen LogP contribution is 2.24. The Hall–Kier alpha value is -2.69. The van der Waals surface area contributed by atoms with Crippen LogP contribution in [0.15, 0.2) is 48.5 Å². The van der Waals surface area contributed by atoms with Crippen molar-refractivity contribution >= 4 is 11.7 Å². The van der Waals surface area contributed by atoms with Gasteiger partial charge in [0.05, 0.1) is 18.3 Å². The van der Waals surface area contributed by atoms with E-state index in [9.17, 15) is 4.79 Å². The van der Waals surface area contributed by atoms with Crippen molar-refractivity contribution in [2.75, 3.05) is 18.5 Å². The third-order valence-electron chi connectivity index (χ3n) is 3.50. The monoisotopic (exact) mass is 342 g/mol. The van der Waals surface area contributed by atoms with E-state index in [1.807, 2.05) is 62.4 Å². The van der Waals surface area contributed by atoms with Crippen LogP contribution in [-0.2, 0) is 6.42 Å². The number of carbonyl (C=O) groups is 1. The number of amides is 2. The van der Waals surface area contributed by atoms with Crippen molar-refractivity contribution in [1.29, 1.82) is 0 Å². The smallest absolute Gasteiger partial charge is 0.319 e. The number of anilines is 1. The van der Waals surface area contributed by atoms with Crippen LogP contribution in [0, 0.1) is 0 Å². The summed E-state index contributed by atoms with van der Waals surface area (Å²) in [5.74, 6) is 1.52. The van der Waals surface area contributed by atoms with Gasteiger partial charge < -0.3 is 20.1 Å². The summed E-state index contributed by atoms with van der Waals surface area (Å²) in [4.78, 5) is 12.1. The van der Waals surface area contributed by atoms with Crippen LogP contribution in [0.4, 0.5) is 10.5 Å². The van der Waals surface area contributed by atoms with Crippen molar-refractivity contribution in [3.05, 3.63) is 54.1 Å². The lowest BCUT2D eigenvalue weighted by Crippen LogP contribution is -2.32. The number of para-hydroxylation sites is 3. The van der Waals surface area contributed by atoms with Crippen molar-refractivity contribution in [3.63, 3.8) is 0 Å². The fraction of sp³-hybridized carbons (Fsp3) is 0.350. The first-order valence-electron chi connectivity index (χ1n) is 8.61. The number of hydrogen-bond donors (Lipinski definition) is 2. The molecule has 0 bridgehead atoms. The van der Waals surface area contributed by atoms with Gasteiger partial charge in [-0.15, -0.1) is 0 Å². The fourth-order valence-electron chi connectivity index (χ4n) is 2.36. The minimum absolute atomic E-state index is 0.0399. The molecule has 0 atom stereocenters. The Labute approximate surface area is 149 Å². The molecule has 0 radical (unpaired) electrons. The Bertz CT molecular complexity index is 686. The van der Waals surface area contributed by atoms with Crippen molar-refractivity contribution in [1.82, 2.24) is 5.32 Å². The molecule has 0 aromatic heterocycles. The summed E-state index contributed by atoms with van der Waals surface area (Å²) in [6.45, 7) is 6.81. The second kappa shape index (κ2) is 9.57. The summed E-state index contributed by atoms with van der Waals surface area (Å²) >= 11 is 0. The molecule has 2 amide bonds. The number of carbonyl (C=O) groups excluding carboxylic acids is 1. The topological polar surface area (TPSA) is 59.6 Å². The quantitative estimate of drug-likeness (QED) is 0.706. The van der Waals surface area contributed by atoms with Gasteiger partial charge in [-0.25, -0.2) is 4.79 Å². The van der Waals surface area contributed by atoms with E-state index in [4.69, 9.17) is 9.47 Å². The first-order chi connectivity index (χ1) is 12.1. The van der Waals surface area contributed by atoms with Crippen LogP contribution in [0.25, 0.3) is 0 Å². The molecule has 0 heterocycles. The average Bonchev–Trinajstić information content (AvgIpc) is 2.60. The Morgan fingerprint density at radius 3 is 2.44 bits per heavy atom. The zero-order valence-electron chi connectivity index (χ0n) is 15.0. The number of benzene rings is 2. The number of aryl methyl sites for hydroxylation is 1. The highest BCUT2D eigenvalue weighted by molar-refractivity contribution is 5.90. The van der Waals surface area contributed by atoms with Gasteiger partial charge >= 0.3 is 6.03 Å². The lowest BCUT2D eigenvalue weighted by Gasteiger charge is -2.15. The molecule has 0 fully saturated rings. The molecule has 2 aromatic carbocycles. The summed E-state index contributed by atoms with van der Waals surface area (Å²) in [6, 6.07) is 15.0. The maximum atomic E-state index is 12.1. The van der Waals surface area contributed by atoms with Crippen LogP contribution in [-0.4, -0.2) is 25.3 Å². The second-order valence-electron chi connectivity index (χ2n) is 5.85. The summed E-state index contributed by atoms with van der Waals surface area (Å²) in [7, 11) is 0. The Morgan fingerprint density at radius 1 is 1.04 bits per heavy atom. The molecule has 2 aromatic rings. The van der Waals surface area contributed by atoms with Crippen molar-refractivity contribution in [2.45, 2.75) is 33.3 Å². The van der Waals surface area contributed by atoms with Crippen molar-refractivity contribution in [2.24, 2.45) is 0 Å². The minimum atomic E-state index is -0.285. The van der Waals surface area contributed by atoms with Gasteiger partial charge in [-0.2, -0.15) is 0 Å². The van der Waals surface area contributed by atoms with Gasteiger partial charge in [-0.05, 0) is 44.0 Å². The van der Waals surface area contributed by atoms with Crippen LogP contribution in [0.5, 0.6) is 11.5 Å². The zero-order valence-corrected chi connectivity index (χ0v) is 15.0. The molecule has 0 unspecified atom stereocenters. The molecule has 134 valence electrons. The van der Waals surface area contributed by atoms with Crippen LogP contribution < -0.4 is 20.1 Å². The van der Waals surface area contributed by atoms with Crippen LogP contribution in [0.1, 0.15) is 26.3 Å². The van der Waals surface area contributed by atoms with E-state index in [0.717, 1.165) is 17.7 Å². The molecule has 0 spiro atoms. The maximum absolute atomic E-state index is 12.1. The van der Waals surface area contributed by atoms with Gasteiger partial charge in [0.2, 0.25) is 0 Å². The molecule has 0 saturated heterocycles. The summed E-state index contributed by atoms with van der Waals surface area (Å²) in [5, 5.41) is 5.60. The van der Waals surface area contributed by atoms with E-state index in [1.54, 1.807) is 0 Å².